The SMILES string of the molecule is C=CC=CCCCCCC=CCCCC. The third-order valence-electron chi connectivity index (χ3n) is 2.40. The van der Waals surface area contributed by atoms with E-state index in [1.54, 1.807) is 0 Å². The normalized spacial score (nSPS) is 11.5. The van der Waals surface area contributed by atoms with Gasteiger partial charge in [-0.15, -0.1) is 0 Å². The Morgan fingerprint density at radius 2 is 1.40 bits per heavy atom. The summed E-state index contributed by atoms with van der Waals surface area (Å²) in [5, 5.41) is 0. The van der Waals surface area contributed by atoms with Gasteiger partial charge in [-0.3, -0.25) is 0 Å². The minimum atomic E-state index is 1.20. The van der Waals surface area contributed by atoms with Crippen LogP contribution in [0.4, 0.5) is 0 Å². The van der Waals surface area contributed by atoms with Gasteiger partial charge in [0, 0.05) is 0 Å². The molecular formula is C15H26. The molecule has 0 saturated carbocycles. The lowest BCUT2D eigenvalue weighted by Crippen LogP contribution is -1.75. The van der Waals surface area contributed by atoms with E-state index in [2.05, 4.69) is 31.7 Å². The molecule has 0 nitrogen and oxygen atoms in total. The van der Waals surface area contributed by atoms with Crippen molar-refractivity contribution in [3.63, 3.8) is 0 Å². The predicted molar refractivity (Wildman–Crippen MR) is 71.1 cm³/mol. The standard InChI is InChI=1S/C15H26/c1-3-5-7-9-11-13-15-14-12-10-8-6-4-2/h3,5,7,10,12H,1,4,6,8-9,11,13-15H2,2H3. The van der Waals surface area contributed by atoms with Crippen molar-refractivity contribution in [3.05, 3.63) is 37.0 Å². The molecule has 0 aromatic carbocycles. The zero-order valence-electron chi connectivity index (χ0n) is 10.3. The van der Waals surface area contributed by atoms with Gasteiger partial charge in [0.25, 0.3) is 0 Å². The van der Waals surface area contributed by atoms with Crippen LogP contribution in [0.2, 0.25) is 0 Å². The van der Waals surface area contributed by atoms with Gasteiger partial charge in [0.05, 0.1) is 0 Å². The molecular weight excluding hydrogens is 180 g/mol. The Morgan fingerprint density at radius 1 is 0.800 bits per heavy atom. The van der Waals surface area contributed by atoms with Gasteiger partial charge in [0.2, 0.25) is 0 Å². The van der Waals surface area contributed by atoms with Gasteiger partial charge in [-0.25, -0.2) is 0 Å². The van der Waals surface area contributed by atoms with E-state index in [1.807, 2.05) is 12.2 Å². The van der Waals surface area contributed by atoms with Gasteiger partial charge in [-0.05, 0) is 32.1 Å². The maximum Gasteiger partial charge on any atom is -0.0348 e. The van der Waals surface area contributed by atoms with E-state index in [1.165, 1.54) is 51.4 Å². The molecule has 0 aromatic rings. The molecule has 15 heavy (non-hydrogen) atoms. The van der Waals surface area contributed by atoms with Crippen molar-refractivity contribution in [2.75, 3.05) is 0 Å². The first-order valence-corrected chi connectivity index (χ1v) is 6.34. The maximum atomic E-state index is 3.65. The number of allylic oxidation sites excluding steroid dienone is 5. The summed E-state index contributed by atoms with van der Waals surface area (Å²) in [6, 6.07) is 0. The summed E-state index contributed by atoms with van der Waals surface area (Å²) in [7, 11) is 0. The second-order valence-electron chi connectivity index (χ2n) is 3.92. The Morgan fingerprint density at radius 3 is 2.00 bits per heavy atom. The van der Waals surface area contributed by atoms with Crippen molar-refractivity contribution in [3.8, 4) is 0 Å². The van der Waals surface area contributed by atoms with Crippen LogP contribution in [0.1, 0.15) is 58.3 Å². The lowest BCUT2D eigenvalue weighted by atomic mass is 10.1. The van der Waals surface area contributed by atoms with Crippen molar-refractivity contribution in [2.45, 2.75) is 58.3 Å². The molecule has 0 aromatic heterocycles. The Hall–Kier alpha value is -0.780. The molecule has 0 unspecified atom stereocenters. The average molecular weight is 206 g/mol. The summed E-state index contributed by atoms with van der Waals surface area (Å²) in [6.07, 6.45) is 21.1. The molecule has 0 aliphatic carbocycles. The van der Waals surface area contributed by atoms with E-state index in [0.29, 0.717) is 0 Å². The predicted octanol–water partition coefficient (Wildman–Crippen LogP) is 5.43. The largest absolute Gasteiger partial charge is 0.0991 e. The molecule has 0 radical (unpaired) electrons. The highest BCUT2D eigenvalue weighted by Gasteiger charge is 1.85. The fourth-order valence-corrected chi connectivity index (χ4v) is 1.45. The molecule has 0 spiro atoms. The van der Waals surface area contributed by atoms with Crippen molar-refractivity contribution in [1.82, 2.24) is 0 Å². The van der Waals surface area contributed by atoms with Crippen LogP contribution >= 0.6 is 0 Å². The lowest BCUT2D eigenvalue weighted by molar-refractivity contribution is 0.694. The second kappa shape index (κ2) is 13.2. The minimum absolute atomic E-state index is 1.20. The molecule has 0 bridgehead atoms. The average Bonchev–Trinajstić information content (AvgIpc) is 2.26. The van der Waals surface area contributed by atoms with E-state index in [4.69, 9.17) is 0 Å². The smallest absolute Gasteiger partial charge is 0.0348 e. The highest BCUT2D eigenvalue weighted by molar-refractivity contribution is 4.96. The molecule has 0 aliphatic heterocycles. The van der Waals surface area contributed by atoms with Gasteiger partial charge >= 0.3 is 0 Å². The first-order chi connectivity index (χ1) is 7.41. The summed E-state index contributed by atoms with van der Waals surface area (Å²) < 4.78 is 0. The lowest BCUT2D eigenvalue weighted by Gasteiger charge is -1.95. The molecule has 0 heteroatoms. The van der Waals surface area contributed by atoms with Crippen molar-refractivity contribution in [1.29, 1.82) is 0 Å². The third kappa shape index (κ3) is 13.2. The summed E-state index contributed by atoms with van der Waals surface area (Å²) in [5.74, 6) is 0. The zero-order valence-corrected chi connectivity index (χ0v) is 10.3. The van der Waals surface area contributed by atoms with Gasteiger partial charge in [-0.1, -0.05) is 63.1 Å². The first kappa shape index (κ1) is 14.2. The second-order valence-corrected chi connectivity index (χ2v) is 3.92. The zero-order chi connectivity index (χ0) is 11.2. The molecule has 0 fully saturated rings. The van der Waals surface area contributed by atoms with E-state index in [-0.39, 0.29) is 0 Å². The summed E-state index contributed by atoms with van der Waals surface area (Å²) >= 11 is 0. The van der Waals surface area contributed by atoms with Gasteiger partial charge in [-0.2, -0.15) is 0 Å². The Bertz CT molecular complexity index is 174. The fraction of sp³-hybridized carbons (Fsp3) is 0.600. The van der Waals surface area contributed by atoms with Crippen molar-refractivity contribution >= 4 is 0 Å². The van der Waals surface area contributed by atoms with E-state index >= 15 is 0 Å². The topological polar surface area (TPSA) is 0 Å². The molecule has 0 N–H and O–H groups in total. The van der Waals surface area contributed by atoms with Crippen LogP contribution in [0, 0.1) is 0 Å². The van der Waals surface area contributed by atoms with E-state index in [9.17, 15) is 0 Å². The van der Waals surface area contributed by atoms with Crippen LogP contribution in [0.15, 0.2) is 37.0 Å². The number of rotatable bonds is 10. The first-order valence-electron chi connectivity index (χ1n) is 6.34. The molecule has 0 amide bonds. The minimum Gasteiger partial charge on any atom is -0.0991 e. The molecule has 0 atom stereocenters. The number of unbranched alkanes of at least 4 members (excludes halogenated alkanes) is 6. The summed E-state index contributed by atoms with van der Waals surface area (Å²) in [4.78, 5) is 0. The fourth-order valence-electron chi connectivity index (χ4n) is 1.45. The van der Waals surface area contributed by atoms with Crippen molar-refractivity contribution < 1.29 is 0 Å². The van der Waals surface area contributed by atoms with Gasteiger partial charge in [0.15, 0.2) is 0 Å². The van der Waals surface area contributed by atoms with Crippen molar-refractivity contribution in [2.24, 2.45) is 0 Å². The number of hydrogen-bond acceptors (Lipinski definition) is 0. The molecule has 0 rings (SSSR count). The maximum absolute atomic E-state index is 3.65. The van der Waals surface area contributed by atoms with Crippen LogP contribution in [0.5, 0.6) is 0 Å². The van der Waals surface area contributed by atoms with Crippen LogP contribution < -0.4 is 0 Å². The van der Waals surface area contributed by atoms with Gasteiger partial charge < -0.3 is 0 Å². The monoisotopic (exact) mass is 206 g/mol. The molecule has 0 aliphatic rings. The van der Waals surface area contributed by atoms with Crippen LogP contribution in [0.25, 0.3) is 0 Å². The summed E-state index contributed by atoms with van der Waals surface area (Å²) in [5.41, 5.74) is 0. The van der Waals surface area contributed by atoms with Crippen LogP contribution in [-0.2, 0) is 0 Å². The Balaban J connectivity index is 3.07. The van der Waals surface area contributed by atoms with E-state index < -0.39 is 0 Å². The quantitative estimate of drug-likeness (QED) is 0.254. The van der Waals surface area contributed by atoms with Crippen LogP contribution in [-0.4, -0.2) is 0 Å². The highest BCUT2D eigenvalue weighted by atomic mass is 13.9. The number of hydrogen-bond donors (Lipinski definition) is 0. The third-order valence-corrected chi connectivity index (χ3v) is 2.40. The molecule has 0 heterocycles. The van der Waals surface area contributed by atoms with E-state index in [0.717, 1.165) is 0 Å². The molecule has 86 valence electrons. The molecule has 0 saturated heterocycles. The van der Waals surface area contributed by atoms with Gasteiger partial charge in [0.1, 0.15) is 0 Å². The Kier molecular flexibility index (Phi) is 12.5. The highest BCUT2D eigenvalue weighted by Crippen LogP contribution is 2.05. The summed E-state index contributed by atoms with van der Waals surface area (Å²) in [6.45, 7) is 5.89. The Labute approximate surface area is 95.8 Å². The van der Waals surface area contributed by atoms with Crippen LogP contribution in [0.3, 0.4) is 0 Å².